The smallest absolute Gasteiger partial charge is 0.354 e. The van der Waals surface area contributed by atoms with E-state index in [9.17, 15) is 4.79 Å². The van der Waals surface area contributed by atoms with Crippen LogP contribution < -0.4 is 5.32 Å². The number of ether oxygens (including phenoxy) is 1. The Balaban J connectivity index is 1.65. The highest BCUT2D eigenvalue weighted by Crippen LogP contribution is 2.07. The number of piperidine rings is 1. The lowest BCUT2D eigenvalue weighted by molar-refractivity contribution is 0.0594. The maximum atomic E-state index is 11.3. The monoisotopic (exact) mass is 265 g/mol. The molecule has 0 amide bonds. The topological polar surface area (TPSA) is 57.4 Å². The molecular weight excluding hydrogens is 242 g/mol. The normalized spacial score (nSPS) is 16.5. The molecule has 1 aliphatic rings. The van der Waals surface area contributed by atoms with Gasteiger partial charge >= 0.3 is 5.97 Å². The molecule has 1 saturated heterocycles. The lowest BCUT2D eigenvalue weighted by atomic mass is 10.1. The number of H-pyrrole nitrogens is 1. The minimum absolute atomic E-state index is 0.320. The van der Waals surface area contributed by atoms with E-state index in [1.807, 2.05) is 6.07 Å². The van der Waals surface area contributed by atoms with E-state index in [2.05, 4.69) is 19.9 Å². The molecule has 2 rings (SSSR count). The average molecular weight is 265 g/mol. The molecule has 106 valence electrons. The molecule has 1 fully saturated rings. The van der Waals surface area contributed by atoms with E-state index in [1.165, 1.54) is 39.5 Å². The Kier molecular flexibility index (Phi) is 5.42. The second-order valence-corrected chi connectivity index (χ2v) is 4.97. The second-order valence-electron chi connectivity index (χ2n) is 4.97. The molecule has 2 N–H and O–H groups in total. The fraction of sp³-hybridized carbons (Fsp3) is 0.643. The van der Waals surface area contributed by atoms with Crippen LogP contribution in [0.25, 0.3) is 0 Å². The third-order valence-corrected chi connectivity index (χ3v) is 3.52. The average Bonchev–Trinajstić information content (AvgIpc) is 2.93. The first-order valence-electron chi connectivity index (χ1n) is 6.99. The molecule has 5 heteroatoms. The summed E-state index contributed by atoms with van der Waals surface area (Å²) in [6.45, 7) is 5.30. The van der Waals surface area contributed by atoms with Gasteiger partial charge in [-0.05, 0) is 38.1 Å². The summed E-state index contributed by atoms with van der Waals surface area (Å²) in [6, 6.07) is 3.67. The zero-order valence-electron chi connectivity index (χ0n) is 11.6. The van der Waals surface area contributed by atoms with E-state index < -0.39 is 0 Å². The Bertz CT molecular complexity index is 397. The van der Waals surface area contributed by atoms with Gasteiger partial charge in [0, 0.05) is 25.3 Å². The molecule has 0 radical (unpaired) electrons. The highest BCUT2D eigenvalue weighted by Gasteiger charge is 2.09. The summed E-state index contributed by atoms with van der Waals surface area (Å²) in [6.07, 6.45) is 4.04. The van der Waals surface area contributed by atoms with Crippen molar-refractivity contribution in [2.45, 2.75) is 25.8 Å². The number of nitrogens with one attached hydrogen (secondary N) is 2. The van der Waals surface area contributed by atoms with Crippen LogP contribution in [-0.4, -0.2) is 49.1 Å². The van der Waals surface area contributed by atoms with Crippen LogP contribution >= 0.6 is 0 Å². The summed E-state index contributed by atoms with van der Waals surface area (Å²) < 4.78 is 4.66. The van der Waals surface area contributed by atoms with Crippen molar-refractivity contribution in [1.29, 1.82) is 0 Å². The maximum Gasteiger partial charge on any atom is 0.354 e. The van der Waals surface area contributed by atoms with Gasteiger partial charge in [0.2, 0.25) is 0 Å². The SMILES string of the molecule is COC(=O)c1ccc(CNCCN2CCCCC2)[nH]1. The molecule has 0 spiro atoms. The Morgan fingerprint density at radius 1 is 1.37 bits per heavy atom. The molecule has 19 heavy (non-hydrogen) atoms. The number of nitrogens with zero attached hydrogens (tertiary/aromatic N) is 1. The summed E-state index contributed by atoms with van der Waals surface area (Å²) >= 11 is 0. The van der Waals surface area contributed by atoms with Gasteiger partial charge in [0.25, 0.3) is 0 Å². The standard InChI is InChI=1S/C14H23N3O2/c1-19-14(18)13-6-5-12(16-13)11-15-7-10-17-8-3-2-4-9-17/h5-6,15-16H,2-4,7-11H2,1H3. The highest BCUT2D eigenvalue weighted by atomic mass is 16.5. The molecule has 1 aromatic heterocycles. The molecular formula is C14H23N3O2. The lowest BCUT2D eigenvalue weighted by Gasteiger charge is -2.26. The molecule has 0 aromatic carbocycles. The lowest BCUT2D eigenvalue weighted by Crippen LogP contribution is -2.35. The van der Waals surface area contributed by atoms with Gasteiger partial charge in [0.15, 0.2) is 0 Å². The fourth-order valence-electron chi connectivity index (χ4n) is 2.42. The van der Waals surface area contributed by atoms with E-state index in [1.54, 1.807) is 6.07 Å². The number of rotatable bonds is 6. The zero-order valence-corrected chi connectivity index (χ0v) is 11.6. The zero-order chi connectivity index (χ0) is 13.5. The molecule has 0 aliphatic carbocycles. The summed E-state index contributed by atoms with van der Waals surface area (Å²) in [4.78, 5) is 16.8. The summed E-state index contributed by atoms with van der Waals surface area (Å²) in [5.74, 6) is -0.320. The van der Waals surface area contributed by atoms with Crippen LogP contribution in [0.5, 0.6) is 0 Å². The summed E-state index contributed by atoms with van der Waals surface area (Å²) in [5, 5.41) is 3.39. The fourth-order valence-corrected chi connectivity index (χ4v) is 2.42. The van der Waals surface area contributed by atoms with Gasteiger partial charge in [-0.3, -0.25) is 0 Å². The van der Waals surface area contributed by atoms with Crippen LogP contribution in [0.15, 0.2) is 12.1 Å². The van der Waals surface area contributed by atoms with Gasteiger partial charge in [-0.15, -0.1) is 0 Å². The van der Waals surface area contributed by atoms with Crippen molar-refractivity contribution in [3.8, 4) is 0 Å². The van der Waals surface area contributed by atoms with Crippen LogP contribution in [0.2, 0.25) is 0 Å². The number of esters is 1. The molecule has 0 unspecified atom stereocenters. The van der Waals surface area contributed by atoms with Crippen LogP contribution in [0.3, 0.4) is 0 Å². The Hall–Kier alpha value is -1.33. The number of aromatic amines is 1. The van der Waals surface area contributed by atoms with E-state index >= 15 is 0 Å². The number of methoxy groups -OCH3 is 1. The Labute approximate surface area is 114 Å². The number of carbonyl (C=O) groups excluding carboxylic acids is 1. The Morgan fingerprint density at radius 3 is 2.89 bits per heavy atom. The molecule has 0 atom stereocenters. The number of aromatic nitrogens is 1. The summed E-state index contributed by atoms with van der Waals surface area (Å²) in [5.41, 5.74) is 1.52. The van der Waals surface area contributed by atoms with E-state index in [0.29, 0.717) is 5.69 Å². The van der Waals surface area contributed by atoms with Crippen molar-refractivity contribution in [2.75, 3.05) is 33.3 Å². The first-order chi connectivity index (χ1) is 9.29. The van der Waals surface area contributed by atoms with E-state index in [4.69, 9.17) is 0 Å². The van der Waals surface area contributed by atoms with Crippen molar-refractivity contribution in [2.24, 2.45) is 0 Å². The van der Waals surface area contributed by atoms with Crippen molar-refractivity contribution < 1.29 is 9.53 Å². The van der Waals surface area contributed by atoms with Crippen molar-refractivity contribution >= 4 is 5.97 Å². The van der Waals surface area contributed by atoms with Gasteiger partial charge in [0.05, 0.1) is 7.11 Å². The van der Waals surface area contributed by atoms with Crippen LogP contribution in [0, 0.1) is 0 Å². The molecule has 5 nitrogen and oxygen atoms in total. The van der Waals surface area contributed by atoms with Gasteiger partial charge < -0.3 is 19.9 Å². The van der Waals surface area contributed by atoms with Crippen LogP contribution in [0.1, 0.15) is 35.4 Å². The number of likely N-dealkylation sites (tertiary alicyclic amines) is 1. The third-order valence-electron chi connectivity index (χ3n) is 3.52. The number of hydrogen-bond acceptors (Lipinski definition) is 4. The minimum atomic E-state index is -0.320. The summed E-state index contributed by atoms with van der Waals surface area (Å²) in [7, 11) is 1.39. The minimum Gasteiger partial charge on any atom is -0.464 e. The van der Waals surface area contributed by atoms with Gasteiger partial charge in [0.1, 0.15) is 5.69 Å². The molecule has 1 aromatic rings. The quantitative estimate of drug-likeness (QED) is 0.602. The van der Waals surface area contributed by atoms with Gasteiger partial charge in [-0.25, -0.2) is 4.79 Å². The molecule has 2 heterocycles. The highest BCUT2D eigenvalue weighted by molar-refractivity contribution is 5.87. The first kappa shape index (κ1) is 14.1. The second kappa shape index (κ2) is 7.31. The number of carbonyl (C=O) groups is 1. The van der Waals surface area contributed by atoms with Crippen molar-refractivity contribution in [3.05, 3.63) is 23.5 Å². The van der Waals surface area contributed by atoms with E-state index in [0.717, 1.165) is 25.3 Å². The largest absolute Gasteiger partial charge is 0.464 e. The van der Waals surface area contributed by atoms with Crippen LogP contribution in [-0.2, 0) is 11.3 Å². The molecule has 1 aliphatic heterocycles. The maximum absolute atomic E-state index is 11.3. The van der Waals surface area contributed by atoms with E-state index in [-0.39, 0.29) is 5.97 Å². The Morgan fingerprint density at radius 2 is 2.16 bits per heavy atom. The predicted octanol–water partition coefficient (Wildman–Crippen LogP) is 1.38. The van der Waals surface area contributed by atoms with Crippen molar-refractivity contribution in [3.63, 3.8) is 0 Å². The molecule has 0 saturated carbocycles. The number of hydrogen-bond donors (Lipinski definition) is 2. The van der Waals surface area contributed by atoms with Crippen molar-refractivity contribution in [1.82, 2.24) is 15.2 Å². The van der Waals surface area contributed by atoms with Gasteiger partial charge in [-0.2, -0.15) is 0 Å². The predicted molar refractivity (Wildman–Crippen MR) is 74.1 cm³/mol. The third kappa shape index (κ3) is 4.36. The van der Waals surface area contributed by atoms with Crippen LogP contribution in [0.4, 0.5) is 0 Å². The first-order valence-corrected chi connectivity index (χ1v) is 6.99. The van der Waals surface area contributed by atoms with Gasteiger partial charge in [-0.1, -0.05) is 6.42 Å². The molecule has 0 bridgehead atoms.